The maximum Gasteiger partial charge on any atom is 0.137 e. The van der Waals surface area contributed by atoms with Crippen molar-refractivity contribution < 1.29 is 4.74 Å². The molecule has 0 aliphatic rings. The fourth-order valence-electron chi connectivity index (χ4n) is 1.30. The van der Waals surface area contributed by atoms with Crippen LogP contribution < -0.4 is 4.74 Å². The molecule has 0 saturated carbocycles. The normalized spacial score (nSPS) is 10.3. The molecule has 84 valence electrons. The standard InChI is InChI=1S/C12H12BrNOS/c13-8-10-3-4-11(9-14-10)15-6-5-12-2-1-7-16-12/h1-4,7,9H,5-6,8H2. The van der Waals surface area contributed by atoms with E-state index < -0.39 is 0 Å². The van der Waals surface area contributed by atoms with Gasteiger partial charge < -0.3 is 4.74 Å². The number of nitrogens with zero attached hydrogens (tertiary/aromatic N) is 1. The van der Waals surface area contributed by atoms with Crippen LogP contribution in [0.4, 0.5) is 0 Å². The second kappa shape index (κ2) is 6.01. The number of hydrogen-bond donors (Lipinski definition) is 0. The van der Waals surface area contributed by atoms with E-state index in [0.29, 0.717) is 6.61 Å². The fourth-order valence-corrected chi connectivity index (χ4v) is 2.32. The third-order valence-electron chi connectivity index (χ3n) is 2.13. The van der Waals surface area contributed by atoms with E-state index in [9.17, 15) is 0 Å². The van der Waals surface area contributed by atoms with Crippen LogP contribution in [0, 0.1) is 0 Å². The Bertz CT molecular complexity index is 413. The molecule has 0 N–H and O–H groups in total. The maximum absolute atomic E-state index is 5.61. The largest absolute Gasteiger partial charge is 0.492 e. The summed E-state index contributed by atoms with van der Waals surface area (Å²) in [5.74, 6) is 0.834. The van der Waals surface area contributed by atoms with Crippen LogP contribution in [0.2, 0.25) is 0 Å². The summed E-state index contributed by atoms with van der Waals surface area (Å²) >= 11 is 5.12. The Morgan fingerprint density at radius 2 is 2.25 bits per heavy atom. The molecule has 0 fully saturated rings. The van der Waals surface area contributed by atoms with Crippen molar-refractivity contribution in [1.82, 2.24) is 4.98 Å². The molecule has 0 radical (unpaired) electrons. The van der Waals surface area contributed by atoms with E-state index in [1.165, 1.54) is 4.88 Å². The molecule has 2 aromatic rings. The van der Waals surface area contributed by atoms with Gasteiger partial charge in [0.05, 0.1) is 18.5 Å². The van der Waals surface area contributed by atoms with Gasteiger partial charge in [-0.1, -0.05) is 22.0 Å². The Hall–Kier alpha value is -0.870. The lowest BCUT2D eigenvalue weighted by Crippen LogP contribution is -2.00. The van der Waals surface area contributed by atoms with Gasteiger partial charge in [0.1, 0.15) is 5.75 Å². The van der Waals surface area contributed by atoms with Gasteiger partial charge >= 0.3 is 0 Å². The minimum absolute atomic E-state index is 0.704. The topological polar surface area (TPSA) is 22.1 Å². The zero-order valence-corrected chi connectivity index (χ0v) is 11.1. The molecule has 0 atom stereocenters. The Kier molecular flexibility index (Phi) is 4.36. The lowest BCUT2D eigenvalue weighted by atomic mass is 10.3. The number of rotatable bonds is 5. The van der Waals surface area contributed by atoms with Crippen LogP contribution in [-0.2, 0) is 11.8 Å². The molecule has 0 saturated heterocycles. The van der Waals surface area contributed by atoms with Crippen molar-refractivity contribution >= 4 is 27.3 Å². The highest BCUT2D eigenvalue weighted by Crippen LogP contribution is 2.13. The Labute approximate surface area is 107 Å². The van der Waals surface area contributed by atoms with Gasteiger partial charge in [0.2, 0.25) is 0 Å². The lowest BCUT2D eigenvalue weighted by molar-refractivity contribution is 0.321. The minimum Gasteiger partial charge on any atom is -0.492 e. The number of pyridine rings is 1. The number of halogens is 1. The number of alkyl halides is 1. The predicted molar refractivity (Wildman–Crippen MR) is 70.4 cm³/mol. The summed E-state index contributed by atoms with van der Waals surface area (Å²) in [5, 5.41) is 2.87. The molecular weight excluding hydrogens is 286 g/mol. The van der Waals surface area contributed by atoms with Crippen LogP contribution in [0.25, 0.3) is 0 Å². The van der Waals surface area contributed by atoms with Crippen molar-refractivity contribution in [3.05, 3.63) is 46.4 Å². The first-order chi connectivity index (χ1) is 7.88. The molecule has 0 bridgehead atoms. The second-order valence-electron chi connectivity index (χ2n) is 3.30. The van der Waals surface area contributed by atoms with Crippen molar-refractivity contribution in [2.75, 3.05) is 6.61 Å². The van der Waals surface area contributed by atoms with Crippen molar-refractivity contribution in [2.45, 2.75) is 11.8 Å². The number of ether oxygens (including phenoxy) is 1. The maximum atomic E-state index is 5.61. The van der Waals surface area contributed by atoms with Crippen molar-refractivity contribution in [1.29, 1.82) is 0 Å². The molecule has 16 heavy (non-hydrogen) atoms. The monoisotopic (exact) mass is 297 g/mol. The van der Waals surface area contributed by atoms with Crippen LogP contribution in [-0.4, -0.2) is 11.6 Å². The summed E-state index contributed by atoms with van der Waals surface area (Å²) in [6, 6.07) is 8.11. The summed E-state index contributed by atoms with van der Waals surface area (Å²) in [6.45, 7) is 0.704. The Morgan fingerprint density at radius 1 is 1.31 bits per heavy atom. The molecule has 0 aliphatic heterocycles. The van der Waals surface area contributed by atoms with Gasteiger partial charge in [0, 0.05) is 16.6 Å². The van der Waals surface area contributed by atoms with E-state index in [0.717, 1.165) is 23.2 Å². The quantitative estimate of drug-likeness (QED) is 0.786. The molecule has 0 amide bonds. The van der Waals surface area contributed by atoms with Gasteiger partial charge in [-0.05, 0) is 23.6 Å². The molecule has 2 heterocycles. The lowest BCUT2D eigenvalue weighted by Gasteiger charge is -2.04. The van der Waals surface area contributed by atoms with Crippen LogP contribution in [0.15, 0.2) is 35.8 Å². The number of hydrogen-bond acceptors (Lipinski definition) is 3. The van der Waals surface area contributed by atoms with Crippen LogP contribution in [0.5, 0.6) is 5.75 Å². The van der Waals surface area contributed by atoms with Gasteiger partial charge in [-0.15, -0.1) is 11.3 Å². The average molecular weight is 298 g/mol. The predicted octanol–water partition coefficient (Wildman–Crippen LogP) is 3.66. The van der Waals surface area contributed by atoms with E-state index in [4.69, 9.17) is 4.74 Å². The third kappa shape index (κ3) is 3.32. The summed E-state index contributed by atoms with van der Waals surface area (Å²) < 4.78 is 5.61. The first kappa shape index (κ1) is 11.6. The molecule has 4 heteroatoms. The molecule has 2 nitrogen and oxygen atoms in total. The molecule has 0 aromatic carbocycles. The van der Waals surface area contributed by atoms with Gasteiger partial charge in [0.25, 0.3) is 0 Å². The van der Waals surface area contributed by atoms with Crippen molar-refractivity contribution in [3.63, 3.8) is 0 Å². The molecule has 0 spiro atoms. The zero-order chi connectivity index (χ0) is 11.2. The van der Waals surface area contributed by atoms with Crippen LogP contribution >= 0.6 is 27.3 Å². The first-order valence-electron chi connectivity index (χ1n) is 5.04. The van der Waals surface area contributed by atoms with Gasteiger partial charge in [0.15, 0.2) is 0 Å². The highest BCUT2D eigenvalue weighted by atomic mass is 79.9. The van der Waals surface area contributed by atoms with E-state index >= 15 is 0 Å². The summed E-state index contributed by atoms with van der Waals surface area (Å²) in [6.07, 6.45) is 2.73. The summed E-state index contributed by atoms with van der Waals surface area (Å²) in [4.78, 5) is 5.60. The number of thiophene rings is 1. The minimum atomic E-state index is 0.704. The second-order valence-corrected chi connectivity index (χ2v) is 4.89. The van der Waals surface area contributed by atoms with Crippen LogP contribution in [0.3, 0.4) is 0 Å². The molecule has 2 rings (SSSR count). The van der Waals surface area contributed by atoms with Crippen molar-refractivity contribution in [2.24, 2.45) is 0 Å². The Balaban J connectivity index is 1.81. The highest BCUT2D eigenvalue weighted by Gasteiger charge is 1.97. The van der Waals surface area contributed by atoms with E-state index in [1.54, 1.807) is 17.5 Å². The van der Waals surface area contributed by atoms with Crippen LogP contribution in [0.1, 0.15) is 10.6 Å². The van der Waals surface area contributed by atoms with Gasteiger partial charge in [-0.25, -0.2) is 0 Å². The molecule has 0 unspecified atom stereocenters. The first-order valence-corrected chi connectivity index (χ1v) is 7.04. The highest BCUT2D eigenvalue weighted by molar-refractivity contribution is 9.08. The molecular formula is C12H12BrNOS. The summed E-state index contributed by atoms with van der Waals surface area (Å²) in [5.41, 5.74) is 1.02. The van der Waals surface area contributed by atoms with Crippen molar-refractivity contribution in [3.8, 4) is 5.75 Å². The van der Waals surface area contributed by atoms with E-state index in [2.05, 4.69) is 38.4 Å². The summed E-state index contributed by atoms with van der Waals surface area (Å²) in [7, 11) is 0. The average Bonchev–Trinajstić information content (AvgIpc) is 2.83. The SMILES string of the molecule is BrCc1ccc(OCCc2cccs2)cn1. The Morgan fingerprint density at radius 3 is 2.88 bits per heavy atom. The fraction of sp³-hybridized carbons (Fsp3) is 0.250. The third-order valence-corrected chi connectivity index (χ3v) is 3.64. The van der Waals surface area contributed by atoms with E-state index in [-0.39, 0.29) is 0 Å². The molecule has 2 aromatic heterocycles. The number of aromatic nitrogens is 1. The molecule has 0 aliphatic carbocycles. The van der Waals surface area contributed by atoms with Gasteiger partial charge in [-0.2, -0.15) is 0 Å². The van der Waals surface area contributed by atoms with Gasteiger partial charge in [-0.3, -0.25) is 4.98 Å². The zero-order valence-electron chi connectivity index (χ0n) is 8.73. The van der Waals surface area contributed by atoms with E-state index in [1.807, 2.05) is 12.1 Å². The smallest absolute Gasteiger partial charge is 0.137 e.